The van der Waals surface area contributed by atoms with Gasteiger partial charge in [0.25, 0.3) is 5.91 Å². The van der Waals surface area contributed by atoms with Gasteiger partial charge in [0.2, 0.25) is 5.95 Å². The van der Waals surface area contributed by atoms with Crippen molar-refractivity contribution in [3.05, 3.63) is 82.9 Å². The lowest BCUT2D eigenvalue weighted by molar-refractivity contribution is 0.0955. The Hall–Kier alpha value is -3.95. The Balaban J connectivity index is 1.44. The van der Waals surface area contributed by atoms with Crippen molar-refractivity contribution in [1.29, 1.82) is 0 Å². The number of carbonyl (C=O) groups is 1. The largest absolute Gasteiger partial charge is 0.508 e. The minimum Gasteiger partial charge on any atom is -0.508 e. The van der Waals surface area contributed by atoms with Gasteiger partial charge in [0.05, 0.1) is 21.6 Å². The van der Waals surface area contributed by atoms with Crippen LogP contribution in [0, 0.1) is 0 Å². The number of phenolic OH excluding ortho intramolecular Hbond substituents is 2. The number of benzene rings is 2. The van der Waals surface area contributed by atoms with Crippen molar-refractivity contribution in [1.82, 2.24) is 15.3 Å². The zero-order valence-corrected chi connectivity index (χ0v) is 18.5. The van der Waals surface area contributed by atoms with Crippen LogP contribution < -0.4 is 10.6 Å². The van der Waals surface area contributed by atoms with Crippen LogP contribution in [0.1, 0.15) is 33.8 Å². The molecule has 0 saturated carbocycles. The SMILES string of the molecule is CC(O)c1cccc(Nc2nccc(-c3ccc(C(=O)NCc4cc(O)cc(O)c4)s3)n2)c1. The molecule has 4 rings (SSSR count). The van der Waals surface area contributed by atoms with Crippen molar-refractivity contribution in [2.24, 2.45) is 0 Å². The maximum atomic E-state index is 12.5. The molecule has 0 bridgehead atoms. The lowest BCUT2D eigenvalue weighted by Crippen LogP contribution is -2.21. The average molecular weight is 463 g/mol. The number of aromatic hydroxyl groups is 2. The zero-order valence-electron chi connectivity index (χ0n) is 17.7. The van der Waals surface area contributed by atoms with Crippen molar-refractivity contribution in [3.8, 4) is 22.1 Å². The number of anilines is 2. The molecule has 168 valence electrons. The van der Waals surface area contributed by atoms with Crippen LogP contribution in [0.25, 0.3) is 10.6 Å². The Labute approximate surface area is 194 Å². The first-order valence-corrected chi connectivity index (χ1v) is 11.0. The van der Waals surface area contributed by atoms with Gasteiger partial charge in [-0.25, -0.2) is 9.97 Å². The minimum atomic E-state index is -0.576. The normalized spacial score (nSPS) is 11.7. The van der Waals surface area contributed by atoms with E-state index in [2.05, 4.69) is 20.6 Å². The summed E-state index contributed by atoms with van der Waals surface area (Å²) in [5, 5.41) is 34.8. The number of rotatable bonds is 7. The summed E-state index contributed by atoms with van der Waals surface area (Å²) in [6, 6.07) is 16.9. The Morgan fingerprint density at radius 3 is 2.61 bits per heavy atom. The molecule has 2 aromatic heterocycles. The van der Waals surface area contributed by atoms with Crippen LogP contribution in [-0.2, 0) is 6.54 Å². The fourth-order valence-electron chi connectivity index (χ4n) is 3.19. The molecule has 0 aliphatic carbocycles. The number of amides is 1. The molecular weight excluding hydrogens is 440 g/mol. The van der Waals surface area contributed by atoms with Gasteiger partial charge in [-0.15, -0.1) is 11.3 Å². The first-order chi connectivity index (χ1) is 15.9. The maximum absolute atomic E-state index is 12.5. The molecule has 0 spiro atoms. The Kier molecular flexibility index (Phi) is 6.53. The fraction of sp³-hybridized carbons (Fsp3) is 0.125. The van der Waals surface area contributed by atoms with Gasteiger partial charge in [0.1, 0.15) is 11.5 Å². The average Bonchev–Trinajstić information content (AvgIpc) is 3.28. The fourth-order valence-corrected chi connectivity index (χ4v) is 4.08. The highest BCUT2D eigenvalue weighted by Gasteiger charge is 2.12. The lowest BCUT2D eigenvalue weighted by atomic mass is 10.1. The lowest BCUT2D eigenvalue weighted by Gasteiger charge is -2.09. The molecule has 1 amide bonds. The van der Waals surface area contributed by atoms with Crippen LogP contribution >= 0.6 is 11.3 Å². The van der Waals surface area contributed by atoms with E-state index in [1.807, 2.05) is 30.3 Å². The van der Waals surface area contributed by atoms with E-state index in [1.165, 1.54) is 29.5 Å². The van der Waals surface area contributed by atoms with Crippen LogP contribution in [0.4, 0.5) is 11.6 Å². The number of nitrogens with one attached hydrogen (secondary N) is 2. The van der Waals surface area contributed by atoms with Gasteiger partial charge in [-0.05, 0) is 60.5 Å². The first kappa shape index (κ1) is 22.3. The number of phenols is 2. The summed E-state index contributed by atoms with van der Waals surface area (Å²) in [4.78, 5) is 22.6. The molecule has 8 nitrogen and oxygen atoms in total. The smallest absolute Gasteiger partial charge is 0.261 e. The van der Waals surface area contributed by atoms with Crippen LogP contribution in [-0.4, -0.2) is 31.2 Å². The summed E-state index contributed by atoms with van der Waals surface area (Å²) in [6.07, 6.45) is 1.06. The van der Waals surface area contributed by atoms with Crippen molar-refractivity contribution in [2.45, 2.75) is 19.6 Å². The summed E-state index contributed by atoms with van der Waals surface area (Å²) >= 11 is 1.29. The second-order valence-corrected chi connectivity index (χ2v) is 8.48. The first-order valence-electron chi connectivity index (χ1n) is 10.2. The van der Waals surface area contributed by atoms with Gasteiger partial charge in [0, 0.05) is 24.5 Å². The summed E-state index contributed by atoms with van der Waals surface area (Å²) in [5.41, 5.74) is 2.80. The minimum absolute atomic E-state index is 0.0663. The van der Waals surface area contributed by atoms with Crippen molar-refractivity contribution >= 4 is 28.9 Å². The molecule has 0 radical (unpaired) electrons. The van der Waals surface area contributed by atoms with E-state index >= 15 is 0 Å². The number of carbonyl (C=O) groups excluding carboxylic acids is 1. The van der Waals surface area contributed by atoms with Gasteiger partial charge in [-0.1, -0.05) is 12.1 Å². The van der Waals surface area contributed by atoms with Crippen LogP contribution in [0.3, 0.4) is 0 Å². The Bertz CT molecular complexity index is 1270. The number of hydrogen-bond acceptors (Lipinski definition) is 8. The van der Waals surface area contributed by atoms with Crippen molar-refractivity contribution in [2.75, 3.05) is 5.32 Å². The van der Waals surface area contributed by atoms with E-state index in [1.54, 1.807) is 25.3 Å². The van der Waals surface area contributed by atoms with Crippen LogP contribution in [0.15, 0.2) is 66.9 Å². The summed E-state index contributed by atoms with van der Waals surface area (Å²) in [5.74, 6) is 0.00151. The number of aliphatic hydroxyl groups is 1. The van der Waals surface area contributed by atoms with Crippen molar-refractivity contribution in [3.63, 3.8) is 0 Å². The quantitative estimate of drug-likeness (QED) is 0.276. The molecule has 4 aromatic rings. The standard InChI is InChI=1S/C24H22N4O4S/c1-14(29)16-3-2-4-17(11-16)27-24-25-8-7-20(28-24)21-5-6-22(33-21)23(32)26-13-15-9-18(30)12-19(31)10-15/h2-12,14,29-31H,13H2,1H3,(H,26,32)(H,25,27,28). The summed E-state index contributed by atoms with van der Waals surface area (Å²) in [7, 11) is 0. The molecule has 9 heteroatoms. The van der Waals surface area contributed by atoms with E-state index in [0.717, 1.165) is 16.1 Å². The Morgan fingerprint density at radius 2 is 1.85 bits per heavy atom. The molecule has 2 heterocycles. The number of aliphatic hydroxyl groups excluding tert-OH is 1. The van der Waals surface area contributed by atoms with Gasteiger partial charge in [-0.2, -0.15) is 0 Å². The maximum Gasteiger partial charge on any atom is 0.261 e. The summed E-state index contributed by atoms with van der Waals surface area (Å²) < 4.78 is 0. The highest BCUT2D eigenvalue weighted by atomic mass is 32.1. The molecule has 2 aromatic carbocycles. The number of thiophene rings is 1. The third kappa shape index (κ3) is 5.65. The number of aromatic nitrogens is 2. The van der Waals surface area contributed by atoms with E-state index in [-0.39, 0.29) is 24.0 Å². The molecule has 5 N–H and O–H groups in total. The second kappa shape index (κ2) is 9.68. The van der Waals surface area contributed by atoms with E-state index in [9.17, 15) is 20.1 Å². The van der Waals surface area contributed by atoms with Crippen LogP contribution in [0.5, 0.6) is 11.5 Å². The van der Waals surface area contributed by atoms with Crippen LogP contribution in [0.2, 0.25) is 0 Å². The molecular formula is C24H22N4O4S. The van der Waals surface area contributed by atoms with Gasteiger partial charge in [-0.3, -0.25) is 4.79 Å². The molecule has 0 saturated heterocycles. The molecule has 1 atom stereocenters. The monoisotopic (exact) mass is 462 g/mol. The highest BCUT2D eigenvalue weighted by molar-refractivity contribution is 7.17. The highest BCUT2D eigenvalue weighted by Crippen LogP contribution is 2.28. The third-order valence-electron chi connectivity index (χ3n) is 4.78. The third-order valence-corrected chi connectivity index (χ3v) is 5.88. The molecule has 0 fully saturated rings. The molecule has 1 unspecified atom stereocenters. The molecule has 0 aliphatic rings. The van der Waals surface area contributed by atoms with Gasteiger partial charge < -0.3 is 26.0 Å². The van der Waals surface area contributed by atoms with E-state index in [0.29, 0.717) is 22.1 Å². The van der Waals surface area contributed by atoms with Gasteiger partial charge in [0.15, 0.2) is 0 Å². The molecule has 0 aliphatic heterocycles. The van der Waals surface area contributed by atoms with E-state index in [4.69, 9.17) is 0 Å². The topological polar surface area (TPSA) is 128 Å². The zero-order chi connectivity index (χ0) is 23.4. The predicted molar refractivity (Wildman–Crippen MR) is 127 cm³/mol. The Morgan fingerprint density at radius 1 is 1.06 bits per heavy atom. The number of nitrogens with zero attached hydrogens (tertiary/aromatic N) is 2. The van der Waals surface area contributed by atoms with E-state index < -0.39 is 6.10 Å². The molecule has 33 heavy (non-hydrogen) atoms. The summed E-state index contributed by atoms with van der Waals surface area (Å²) in [6.45, 7) is 1.87. The van der Waals surface area contributed by atoms with Gasteiger partial charge >= 0.3 is 0 Å². The number of hydrogen-bond donors (Lipinski definition) is 5. The predicted octanol–water partition coefficient (Wildman–Crippen LogP) is 4.34. The van der Waals surface area contributed by atoms with Crippen molar-refractivity contribution < 1.29 is 20.1 Å². The second-order valence-electron chi connectivity index (χ2n) is 7.40.